The molecule has 0 aromatic rings. The van der Waals surface area contributed by atoms with Gasteiger partial charge in [0.25, 0.3) is 0 Å². The van der Waals surface area contributed by atoms with Crippen LogP contribution in [-0.4, -0.2) is 32.5 Å². The fourth-order valence-corrected chi connectivity index (χ4v) is 3.57. The van der Waals surface area contributed by atoms with Crippen LogP contribution in [0.2, 0.25) is 0 Å². The largest absolute Gasteiger partial charge is 0.313 e. The molecule has 0 aromatic heterocycles. The minimum atomic E-state index is -2.84. The van der Waals surface area contributed by atoms with E-state index < -0.39 is 9.84 Å². The summed E-state index contributed by atoms with van der Waals surface area (Å²) in [6, 6.07) is 0.0827. The molecule has 4 heteroatoms. The van der Waals surface area contributed by atoms with Crippen molar-refractivity contribution < 1.29 is 8.42 Å². The molecule has 3 nitrogen and oxygen atoms in total. The van der Waals surface area contributed by atoms with Gasteiger partial charge in [-0.1, -0.05) is 26.7 Å². The third-order valence-corrected chi connectivity index (χ3v) is 5.72. The van der Waals surface area contributed by atoms with E-state index in [1.54, 1.807) is 6.92 Å². The first-order chi connectivity index (χ1) is 7.93. The summed E-state index contributed by atoms with van der Waals surface area (Å²) < 4.78 is 22.9. The first kappa shape index (κ1) is 15.0. The molecule has 0 radical (unpaired) electrons. The third kappa shape index (κ3) is 5.87. The average molecular weight is 261 g/mol. The fraction of sp³-hybridized carbons (Fsp3) is 1.00. The summed E-state index contributed by atoms with van der Waals surface area (Å²) in [5, 5.41) is 3.38. The summed E-state index contributed by atoms with van der Waals surface area (Å²) >= 11 is 0. The molecule has 17 heavy (non-hydrogen) atoms. The molecule has 0 spiro atoms. The molecule has 102 valence electrons. The van der Waals surface area contributed by atoms with Gasteiger partial charge in [-0.2, -0.15) is 0 Å². The SMILES string of the molecule is CCS(=O)(=O)CC(C)NCC1CCC(C)CC1. The van der Waals surface area contributed by atoms with Crippen molar-refractivity contribution in [3.8, 4) is 0 Å². The Morgan fingerprint density at radius 1 is 1.24 bits per heavy atom. The van der Waals surface area contributed by atoms with Crippen LogP contribution in [-0.2, 0) is 9.84 Å². The standard InChI is InChI=1S/C13H27NO2S/c1-4-17(15,16)10-12(3)14-9-13-7-5-11(2)6-8-13/h11-14H,4-10H2,1-3H3. The Morgan fingerprint density at radius 2 is 1.82 bits per heavy atom. The number of nitrogens with one attached hydrogen (secondary N) is 1. The Bertz CT molecular complexity index is 305. The lowest BCUT2D eigenvalue weighted by atomic mass is 9.83. The van der Waals surface area contributed by atoms with E-state index in [9.17, 15) is 8.42 Å². The summed E-state index contributed by atoms with van der Waals surface area (Å²) in [6.45, 7) is 6.98. The predicted octanol–water partition coefficient (Wildman–Crippen LogP) is 2.23. The van der Waals surface area contributed by atoms with Crippen molar-refractivity contribution >= 4 is 9.84 Å². The van der Waals surface area contributed by atoms with Gasteiger partial charge in [-0.3, -0.25) is 0 Å². The molecular weight excluding hydrogens is 234 g/mol. The molecule has 0 saturated heterocycles. The second-order valence-electron chi connectivity index (χ2n) is 5.63. The summed E-state index contributed by atoms with van der Waals surface area (Å²) in [4.78, 5) is 0. The fourth-order valence-electron chi connectivity index (χ4n) is 2.46. The molecule has 0 aromatic carbocycles. The number of rotatable bonds is 6. The molecule has 1 unspecified atom stereocenters. The smallest absolute Gasteiger partial charge is 0.151 e. The van der Waals surface area contributed by atoms with Gasteiger partial charge < -0.3 is 5.32 Å². The zero-order valence-corrected chi connectivity index (χ0v) is 12.2. The van der Waals surface area contributed by atoms with Gasteiger partial charge in [-0.05, 0) is 38.1 Å². The van der Waals surface area contributed by atoms with E-state index in [1.165, 1.54) is 25.7 Å². The first-order valence-corrected chi connectivity index (χ1v) is 8.69. The van der Waals surface area contributed by atoms with Crippen LogP contribution in [0.5, 0.6) is 0 Å². The highest BCUT2D eigenvalue weighted by molar-refractivity contribution is 7.91. The van der Waals surface area contributed by atoms with Crippen LogP contribution in [0.25, 0.3) is 0 Å². The molecule has 1 atom stereocenters. The minimum Gasteiger partial charge on any atom is -0.313 e. The lowest BCUT2D eigenvalue weighted by molar-refractivity contribution is 0.277. The molecule has 1 aliphatic carbocycles. The maximum absolute atomic E-state index is 11.5. The molecule has 1 rings (SSSR count). The van der Waals surface area contributed by atoms with Crippen LogP contribution in [0.15, 0.2) is 0 Å². The van der Waals surface area contributed by atoms with E-state index in [2.05, 4.69) is 12.2 Å². The lowest BCUT2D eigenvalue weighted by Gasteiger charge is -2.27. The van der Waals surface area contributed by atoms with Gasteiger partial charge in [0.1, 0.15) is 0 Å². The molecule has 1 N–H and O–H groups in total. The quantitative estimate of drug-likeness (QED) is 0.797. The molecule has 1 aliphatic rings. The Balaban J connectivity index is 2.22. The van der Waals surface area contributed by atoms with Crippen molar-refractivity contribution in [1.29, 1.82) is 0 Å². The molecule has 1 saturated carbocycles. The van der Waals surface area contributed by atoms with E-state index in [0.717, 1.165) is 18.4 Å². The van der Waals surface area contributed by atoms with Crippen LogP contribution < -0.4 is 5.32 Å². The van der Waals surface area contributed by atoms with E-state index in [4.69, 9.17) is 0 Å². The Hall–Kier alpha value is -0.0900. The van der Waals surface area contributed by atoms with Gasteiger partial charge in [0, 0.05) is 11.8 Å². The monoisotopic (exact) mass is 261 g/mol. The highest BCUT2D eigenvalue weighted by atomic mass is 32.2. The van der Waals surface area contributed by atoms with Gasteiger partial charge in [-0.15, -0.1) is 0 Å². The van der Waals surface area contributed by atoms with Gasteiger partial charge in [0.15, 0.2) is 9.84 Å². The summed E-state index contributed by atoms with van der Waals surface area (Å²) in [7, 11) is -2.84. The van der Waals surface area contributed by atoms with Crippen molar-refractivity contribution in [2.75, 3.05) is 18.1 Å². The van der Waals surface area contributed by atoms with E-state index in [0.29, 0.717) is 0 Å². The van der Waals surface area contributed by atoms with Gasteiger partial charge in [0.2, 0.25) is 0 Å². The van der Waals surface area contributed by atoms with Crippen LogP contribution in [0, 0.1) is 11.8 Å². The molecule has 1 fully saturated rings. The van der Waals surface area contributed by atoms with Gasteiger partial charge >= 0.3 is 0 Å². The summed E-state index contributed by atoms with van der Waals surface area (Å²) in [5.74, 6) is 2.15. The van der Waals surface area contributed by atoms with Crippen LogP contribution in [0.4, 0.5) is 0 Å². The maximum Gasteiger partial charge on any atom is 0.151 e. The minimum absolute atomic E-state index is 0.0827. The molecular formula is C13H27NO2S. The predicted molar refractivity (Wildman–Crippen MR) is 72.9 cm³/mol. The highest BCUT2D eigenvalue weighted by Crippen LogP contribution is 2.27. The van der Waals surface area contributed by atoms with Crippen LogP contribution >= 0.6 is 0 Å². The Kier molecular flexibility index (Phi) is 5.93. The van der Waals surface area contributed by atoms with Crippen molar-refractivity contribution in [3.05, 3.63) is 0 Å². The van der Waals surface area contributed by atoms with Crippen molar-refractivity contribution in [2.45, 2.75) is 52.5 Å². The van der Waals surface area contributed by atoms with E-state index >= 15 is 0 Å². The Labute approximate surface area is 106 Å². The lowest BCUT2D eigenvalue weighted by Crippen LogP contribution is -2.37. The van der Waals surface area contributed by atoms with Crippen molar-refractivity contribution in [3.63, 3.8) is 0 Å². The molecule has 0 heterocycles. The maximum atomic E-state index is 11.5. The van der Waals surface area contributed by atoms with Crippen LogP contribution in [0.1, 0.15) is 46.5 Å². The molecule has 0 aliphatic heterocycles. The zero-order chi connectivity index (χ0) is 12.9. The topological polar surface area (TPSA) is 46.2 Å². The zero-order valence-electron chi connectivity index (χ0n) is 11.4. The second-order valence-corrected chi connectivity index (χ2v) is 8.03. The van der Waals surface area contributed by atoms with Gasteiger partial charge in [0.05, 0.1) is 5.75 Å². The van der Waals surface area contributed by atoms with Gasteiger partial charge in [-0.25, -0.2) is 8.42 Å². The number of hydrogen-bond donors (Lipinski definition) is 1. The first-order valence-electron chi connectivity index (χ1n) is 6.86. The summed E-state index contributed by atoms with van der Waals surface area (Å²) in [5.41, 5.74) is 0. The average Bonchev–Trinajstić information content (AvgIpc) is 2.28. The molecule has 0 bridgehead atoms. The number of sulfone groups is 1. The van der Waals surface area contributed by atoms with E-state index in [-0.39, 0.29) is 17.5 Å². The summed E-state index contributed by atoms with van der Waals surface area (Å²) in [6.07, 6.45) is 5.24. The second kappa shape index (κ2) is 6.74. The van der Waals surface area contributed by atoms with Crippen molar-refractivity contribution in [2.24, 2.45) is 11.8 Å². The Morgan fingerprint density at radius 3 is 2.35 bits per heavy atom. The van der Waals surface area contributed by atoms with Crippen molar-refractivity contribution in [1.82, 2.24) is 5.32 Å². The highest BCUT2D eigenvalue weighted by Gasteiger charge is 2.19. The van der Waals surface area contributed by atoms with Crippen LogP contribution in [0.3, 0.4) is 0 Å². The normalized spacial score (nSPS) is 27.9. The molecule has 0 amide bonds. The third-order valence-electron chi connectivity index (χ3n) is 3.83. The number of hydrogen-bond acceptors (Lipinski definition) is 3. The van der Waals surface area contributed by atoms with E-state index in [1.807, 2.05) is 6.92 Å².